The second kappa shape index (κ2) is 9.71. The van der Waals surface area contributed by atoms with Crippen molar-refractivity contribution in [1.29, 1.82) is 0 Å². The Hall–Kier alpha value is -3.98. The van der Waals surface area contributed by atoms with Gasteiger partial charge in [0.15, 0.2) is 5.65 Å². The second-order valence-corrected chi connectivity index (χ2v) is 9.05. The maximum absolute atomic E-state index is 12.8. The molecule has 0 fully saturated rings. The molecule has 0 bridgehead atoms. The number of carbonyl (C=O) groups is 1. The Balaban J connectivity index is 1.31. The third-order valence-electron chi connectivity index (χ3n) is 5.69. The zero-order valence-corrected chi connectivity index (χ0v) is 20.9. The Kier molecular flexibility index (Phi) is 6.33. The standard InChI is InChI=1S/C26H23BrN6O2/c1-17-25-23(19-5-9-22(35-2)10-6-19)11-12-28-26(25)33(31-17)16-24(34)30-21-7-3-18(4-8-21)14-32-15-20(27)13-29-32/h3-13,15H,14,16H2,1-2H3,(H,30,34). The highest BCUT2D eigenvalue weighted by Crippen LogP contribution is 2.31. The lowest BCUT2D eigenvalue weighted by molar-refractivity contribution is -0.116. The van der Waals surface area contributed by atoms with Crippen molar-refractivity contribution in [2.75, 3.05) is 12.4 Å². The molecule has 5 aromatic rings. The van der Waals surface area contributed by atoms with Crippen LogP contribution in [-0.4, -0.2) is 37.6 Å². The van der Waals surface area contributed by atoms with Crippen molar-refractivity contribution >= 4 is 38.6 Å². The molecule has 0 aliphatic heterocycles. The van der Waals surface area contributed by atoms with E-state index in [2.05, 4.69) is 36.4 Å². The molecule has 176 valence electrons. The maximum Gasteiger partial charge on any atom is 0.246 e. The number of pyridine rings is 1. The lowest BCUT2D eigenvalue weighted by atomic mass is 10.0. The number of halogens is 1. The summed E-state index contributed by atoms with van der Waals surface area (Å²) in [7, 11) is 1.65. The van der Waals surface area contributed by atoms with E-state index in [1.807, 2.05) is 72.4 Å². The van der Waals surface area contributed by atoms with E-state index in [1.54, 1.807) is 24.2 Å². The van der Waals surface area contributed by atoms with Gasteiger partial charge >= 0.3 is 0 Å². The van der Waals surface area contributed by atoms with Gasteiger partial charge in [-0.25, -0.2) is 9.67 Å². The summed E-state index contributed by atoms with van der Waals surface area (Å²) in [5.41, 5.74) is 5.35. The summed E-state index contributed by atoms with van der Waals surface area (Å²) in [4.78, 5) is 17.3. The van der Waals surface area contributed by atoms with E-state index >= 15 is 0 Å². The molecular weight excluding hydrogens is 508 g/mol. The van der Waals surface area contributed by atoms with E-state index in [0.717, 1.165) is 43.7 Å². The van der Waals surface area contributed by atoms with Crippen LogP contribution in [0, 0.1) is 6.92 Å². The van der Waals surface area contributed by atoms with E-state index in [9.17, 15) is 4.79 Å². The highest BCUT2D eigenvalue weighted by atomic mass is 79.9. The van der Waals surface area contributed by atoms with Gasteiger partial charge in [-0.3, -0.25) is 9.48 Å². The first-order valence-corrected chi connectivity index (χ1v) is 11.8. The van der Waals surface area contributed by atoms with Crippen LogP contribution >= 0.6 is 15.9 Å². The number of benzene rings is 2. The number of nitrogens with one attached hydrogen (secondary N) is 1. The predicted octanol–water partition coefficient (Wildman–Crippen LogP) is 5.06. The highest BCUT2D eigenvalue weighted by Gasteiger charge is 2.16. The van der Waals surface area contributed by atoms with Crippen LogP contribution in [0.3, 0.4) is 0 Å². The fourth-order valence-corrected chi connectivity index (χ4v) is 4.37. The molecule has 5 rings (SSSR count). The number of aromatic nitrogens is 5. The lowest BCUT2D eigenvalue weighted by Crippen LogP contribution is -2.19. The first-order valence-electron chi connectivity index (χ1n) is 11.0. The number of aryl methyl sites for hydroxylation is 1. The first kappa shape index (κ1) is 22.8. The van der Waals surface area contributed by atoms with Gasteiger partial charge in [0.1, 0.15) is 12.3 Å². The first-order chi connectivity index (χ1) is 17.0. The maximum atomic E-state index is 12.8. The van der Waals surface area contributed by atoms with Crippen molar-refractivity contribution in [3.05, 3.63) is 88.9 Å². The van der Waals surface area contributed by atoms with Gasteiger partial charge in [0.05, 0.1) is 30.0 Å². The van der Waals surface area contributed by atoms with Gasteiger partial charge < -0.3 is 10.1 Å². The van der Waals surface area contributed by atoms with E-state index in [-0.39, 0.29) is 12.5 Å². The van der Waals surface area contributed by atoms with Crippen molar-refractivity contribution in [2.45, 2.75) is 20.0 Å². The number of hydrogen-bond acceptors (Lipinski definition) is 5. The van der Waals surface area contributed by atoms with E-state index in [0.29, 0.717) is 12.2 Å². The quantitative estimate of drug-likeness (QED) is 0.317. The molecule has 0 atom stereocenters. The Bertz CT molecular complexity index is 1490. The number of anilines is 1. The van der Waals surface area contributed by atoms with Gasteiger partial charge in [-0.1, -0.05) is 24.3 Å². The topological polar surface area (TPSA) is 86.9 Å². The summed E-state index contributed by atoms with van der Waals surface area (Å²) in [6.07, 6.45) is 5.42. The molecule has 35 heavy (non-hydrogen) atoms. The number of nitrogens with zero attached hydrogens (tertiary/aromatic N) is 5. The minimum Gasteiger partial charge on any atom is -0.497 e. The summed E-state index contributed by atoms with van der Waals surface area (Å²) in [6, 6.07) is 17.5. The molecule has 0 saturated heterocycles. The molecule has 3 aromatic heterocycles. The Morgan fingerprint density at radius 1 is 1.09 bits per heavy atom. The average Bonchev–Trinajstić information content (AvgIpc) is 3.42. The number of rotatable bonds is 7. The largest absolute Gasteiger partial charge is 0.497 e. The molecule has 0 unspecified atom stereocenters. The summed E-state index contributed by atoms with van der Waals surface area (Å²) in [5.74, 6) is 0.625. The molecular formula is C26H23BrN6O2. The van der Waals surface area contributed by atoms with Gasteiger partial charge in [-0.15, -0.1) is 0 Å². The zero-order chi connectivity index (χ0) is 24.4. The number of ether oxygens (including phenoxy) is 1. The number of fused-ring (bicyclic) bond motifs is 1. The molecule has 1 N–H and O–H groups in total. The third kappa shape index (κ3) is 4.95. The van der Waals surface area contributed by atoms with Gasteiger partial charge in [0.25, 0.3) is 0 Å². The van der Waals surface area contributed by atoms with Crippen molar-refractivity contribution in [3.8, 4) is 16.9 Å². The molecule has 0 aliphatic rings. The van der Waals surface area contributed by atoms with Crippen molar-refractivity contribution < 1.29 is 9.53 Å². The van der Waals surface area contributed by atoms with Crippen LogP contribution in [0.15, 0.2) is 77.7 Å². The fourth-order valence-electron chi connectivity index (χ4n) is 4.04. The number of hydrogen-bond donors (Lipinski definition) is 1. The van der Waals surface area contributed by atoms with E-state index < -0.39 is 0 Å². The predicted molar refractivity (Wildman–Crippen MR) is 138 cm³/mol. The van der Waals surface area contributed by atoms with Crippen molar-refractivity contribution in [3.63, 3.8) is 0 Å². The normalized spacial score (nSPS) is 11.1. The molecule has 0 aliphatic carbocycles. The molecule has 3 heterocycles. The molecule has 0 saturated carbocycles. The van der Waals surface area contributed by atoms with Crippen LogP contribution in [0.5, 0.6) is 5.75 Å². The molecule has 8 nitrogen and oxygen atoms in total. The van der Waals surface area contributed by atoms with Crippen LogP contribution in [0.4, 0.5) is 5.69 Å². The van der Waals surface area contributed by atoms with E-state index in [1.165, 1.54) is 0 Å². The van der Waals surface area contributed by atoms with Gasteiger partial charge in [-0.2, -0.15) is 10.2 Å². The second-order valence-electron chi connectivity index (χ2n) is 8.13. The van der Waals surface area contributed by atoms with Gasteiger partial charge in [0.2, 0.25) is 5.91 Å². The number of carbonyl (C=O) groups excluding carboxylic acids is 1. The lowest BCUT2D eigenvalue weighted by Gasteiger charge is -2.08. The van der Waals surface area contributed by atoms with Gasteiger partial charge in [-0.05, 0) is 69.9 Å². The molecule has 1 amide bonds. The highest BCUT2D eigenvalue weighted by molar-refractivity contribution is 9.10. The summed E-state index contributed by atoms with van der Waals surface area (Å²) in [5, 5.41) is 12.8. The van der Waals surface area contributed by atoms with Crippen LogP contribution in [0.25, 0.3) is 22.2 Å². The van der Waals surface area contributed by atoms with Crippen molar-refractivity contribution in [1.82, 2.24) is 24.5 Å². The molecule has 2 aromatic carbocycles. The molecule has 0 spiro atoms. The Morgan fingerprint density at radius 3 is 2.54 bits per heavy atom. The molecule has 9 heteroatoms. The van der Waals surface area contributed by atoms with Gasteiger partial charge in [0, 0.05) is 23.5 Å². The number of methoxy groups -OCH3 is 1. The Morgan fingerprint density at radius 2 is 1.86 bits per heavy atom. The van der Waals surface area contributed by atoms with E-state index in [4.69, 9.17) is 4.74 Å². The van der Waals surface area contributed by atoms with Crippen LogP contribution in [0.1, 0.15) is 11.3 Å². The molecule has 0 radical (unpaired) electrons. The summed E-state index contributed by atoms with van der Waals surface area (Å²) >= 11 is 3.40. The minimum atomic E-state index is -0.171. The van der Waals surface area contributed by atoms with Crippen LogP contribution in [-0.2, 0) is 17.9 Å². The fraction of sp³-hybridized carbons (Fsp3) is 0.154. The zero-order valence-electron chi connectivity index (χ0n) is 19.3. The average molecular weight is 531 g/mol. The summed E-state index contributed by atoms with van der Waals surface area (Å²) in [6.45, 7) is 2.65. The Labute approximate surface area is 210 Å². The number of amides is 1. The monoisotopic (exact) mass is 530 g/mol. The van der Waals surface area contributed by atoms with Crippen molar-refractivity contribution in [2.24, 2.45) is 0 Å². The summed E-state index contributed by atoms with van der Waals surface area (Å²) < 4.78 is 9.70. The van der Waals surface area contributed by atoms with Crippen LogP contribution in [0.2, 0.25) is 0 Å². The smallest absolute Gasteiger partial charge is 0.246 e. The van der Waals surface area contributed by atoms with Crippen LogP contribution < -0.4 is 10.1 Å². The minimum absolute atomic E-state index is 0.0620. The SMILES string of the molecule is COc1ccc(-c2ccnc3c2c(C)nn3CC(=O)Nc2ccc(Cn3cc(Br)cn3)cc2)cc1. The third-order valence-corrected chi connectivity index (χ3v) is 6.10.